The third-order valence-corrected chi connectivity index (χ3v) is 14.0. The molecule has 1 heterocycles. The first kappa shape index (κ1) is 47.8. The first-order valence-electron chi connectivity index (χ1n) is 21.0. The Hall–Kier alpha value is -4.24. The van der Waals surface area contributed by atoms with E-state index in [4.69, 9.17) is 27.6 Å². The highest BCUT2D eigenvalue weighted by Gasteiger charge is 2.75. The van der Waals surface area contributed by atoms with Crippen molar-refractivity contribution in [2.45, 2.75) is 95.5 Å². The molecule has 329 valence electrons. The number of hydrogen-bond donors (Lipinski definition) is 1. The Labute approximate surface area is 366 Å². The average molecular weight is 873 g/mol. The van der Waals surface area contributed by atoms with Crippen molar-refractivity contribution in [1.29, 1.82) is 0 Å². The highest BCUT2D eigenvalue weighted by Crippen LogP contribution is 2.62. The summed E-state index contributed by atoms with van der Waals surface area (Å²) >= 11 is 0. The van der Waals surface area contributed by atoms with Gasteiger partial charge in [-0.2, -0.15) is 8.42 Å². The van der Waals surface area contributed by atoms with Gasteiger partial charge in [0.05, 0.1) is 68.6 Å². The van der Waals surface area contributed by atoms with Crippen LogP contribution in [0.4, 0.5) is 4.79 Å². The number of benzene rings is 4. The third kappa shape index (κ3) is 9.57. The lowest BCUT2D eigenvalue weighted by molar-refractivity contribution is -0.283. The number of methoxy groups -OCH3 is 1. The molecule has 13 heteroatoms. The van der Waals surface area contributed by atoms with Crippen molar-refractivity contribution in [3.05, 3.63) is 125 Å². The van der Waals surface area contributed by atoms with Crippen LogP contribution in [0.2, 0.25) is 0 Å². The standard InChI is InChI=1S/C48H62NO10SSi/c1-34(2)47(35(3)4)48(36(5)6,57-29-30-58-60(52,53)42-25-19-37(7)20-26-42)46(31-38-15-10-9-11-16-38,44(59-61)32-49(47)45(50)51)40-21-23-41(24-22-40)56-28-14-27-55-33-39-17-12-13-18-43(39)54-8/h9-13,15-26,34-36,44H,14,27-33H2,1-8H3,(H,50,51)/t44-,46-,48-/m1/s1. The molecule has 3 atom stereocenters. The van der Waals surface area contributed by atoms with Crippen LogP contribution >= 0.6 is 0 Å². The van der Waals surface area contributed by atoms with Crippen molar-refractivity contribution in [3.63, 3.8) is 0 Å². The lowest BCUT2D eigenvalue weighted by Crippen LogP contribution is -2.86. The van der Waals surface area contributed by atoms with Gasteiger partial charge >= 0.3 is 6.09 Å². The summed E-state index contributed by atoms with van der Waals surface area (Å²) in [6.07, 6.45) is -0.844. The number of carboxylic acid groups (broad SMARTS) is 1. The predicted molar refractivity (Wildman–Crippen MR) is 237 cm³/mol. The van der Waals surface area contributed by atoms with E-state index in [1.54, 1.807) is 19.2 Å². The molecule has 61 heavy (non-hydrogen) atoms. The molecule has 0 aliphatic carbocycles. The van der Waals surface area contributed by atoms with E-state index in [0.717, 1.165) is 28.0 Å². The second kappa shape index (κ2) is 20.8. The van der Waals surface area contributed by atoms with Gasteiger partial charge in [0.1, 0.15) is 17.1 Å². The Morgan fingerprint density at radius 2 is 1.46 bits per heavy atom. The fourth-order valence-electron chi connectivity index (χ4n) is 10.2. The zero-order valence-corrected chi connectivity index (χ0v) is 38.6. The van der Waals surface area contributed by atoms with E-state index in [-0.39, 0.29) is 42.4 Å². The van der Waals surface area contributed by atoms with Crippen molar-refractivity contribution >= 4 is 26.7 Å². The number of rotatable bonds is 21. The normalized spacial score (nSPS) is 20.3. The third-order valence-electron chi connectivity index (χ3n) is 12.4. The molecule has 3 radical (unpaired) electrons. The van der Waals surface area contributed by atoms with Crippen LogP contribution in [0.25, 0.3) is 0 Å². The van der Waals surface area contributed by atoms with Gasteiger partial charge in [0.2, 0.25) is 10.5 Å². The van der Waals surface area contributed by atoms with Gasteiger partial charge in [0.25, 0.3) is 10.1 Å². The van der Waals surface area contributed by atoms with Crippen LogP contribution in [0, 0.1) is 24.7 Å². The van der Waals surface area contributed by atoms with Gasteiger partial charge in [-0.25, -0.2) is 4.79 Å². The minimum atomic E-state index is -4.13. The molecule has 0 spiro atoms. The number of amides is 1. The minimum Gasteiger partial charge on any atom is -0.496 e. The molecule has 11 nitrogen and oxygen atoms in total. The van der Waals surface area contributed by atoms with Crippen LogP contribution in [0.5, 0.6) is 11.5 Å². The van der Waals surface area contributed by atoms with Gasteiger partial charge in [0.15, 0.2) is 0 Å². The van der Waals surface area contributed by atoms with Gasteiger partial charge in [-0.1, -0.05) is 120 Å². The summed E-state index contributed by atoms with van der Waals surface area (Å²) in [5.74, 6) is 0.499. The number of nitrogens with zero attached hydrogens (tertiary/aromatic N) is 1. The topological polar surface area (TPSA) is 130 Å². The maximum Gasteiger partial charge on any atom is 0.407 e. The zero-order valence-electron chi connectivity index (χ0n) is 36.8. The Morgan fingerprint density at radius 3 is 2.05 bits per heavy atom. The number of hydrogen-bond acceptors (Lipinski definition) is 9. The molecule has 0 bridgehead atoms. The summed E-state index contributed by atoms with van der Waals surface area (Å²) in [6, 6.07) is 32.2. The Balaban J connectivity index is 1.57. The number of para-hydroxylation sites is 1. The number of likely N-dealkylation sites (tertiary alicyclic amines) is 1. The SMILES string of the molecule is COc1ccccc1COCCCOc1ccc([C@]2(Cc3ccccc3)[C@H](O[Si])CN(C(=O)O)C(C(C)C)(C(C)C)[C@@]2(OCCOS(=O)(=O)c2ccc(C)cc2)C(C)C)cc1. The summed E-state index contributed by atoms with van der Waals surface area (Å²) in [5.41, 5.74) is 0.0918. The van der Waals surface area contributed by atoms with Crippen LogP contribution in [0.3, 0.4) is 0 Å². The van der Waals surface area contributed by atoms with E-state index >= 15 is 0 Å². The van der Waals surface area contributed by atoms with Crippen molar-refractivity contribution in [2.75, 3.05) is 40.1 Å². The molecule has 1 amide bonds. The summed E-state index contributed by atoms with van der Waals surface area (Å²) < 4.78 is 63.8. The van der Waals surface area contributed by atoms with E-state index in [0.29, 0.717) is 38.4 Å². The van der Waals surface area contributed by atoms with Gasteiger partial charge in [-0.15, -0.1) is 0 Å². The zero-order chi connectivity index (χ0) is 44.4. The van der Waals surface area contributed by atoms with E-state index in [9.17, 15) is 18.3 Å². The van der Waals surface area contributed by atoms with Gasteiger partial charge < -0.3 is 28.5 Å². The molecule has 1 saturated heterocycles. The van der Waals surface area contributed by atoms with Crippen molar-refractivity contribution in [3.8, 4) is 11.5 Å². The van der Waals surface area contributed by atoms with E-state index in [2.05, 4.69) is 22.6 Å². The number of piperidine rings is 1. The molecule has 4 aromatic carbocycles. The highest BCUT2D eigenvalue weighted by molar-refractivity contribution is 7.86. The monoisotopic (exact) mass is 872 g/mol. The minimum absolute atomic E-state index is 0.0191. The maximum absolute atomic E-state index is 13.7. The summed E-state index contributed by atoms with van der Waals surface area (Å²) in [5, 5.41) is 11.2. The first-order chi connectivity index (χ1) is 29.1. The van der Waals surface area contributed by atoms with Gasteiger partial charge in [-0.3, -0.25) is 9.08 Å². The number of carbonyl (C=O) groups is 1. The number of aryl methyl sites for hydroxylation is 1. The Morgan fingerprint density at radius 1 is 0.820 bits per heavy atom. The van der Waals surface area contributed by atoms with Crippen LogP contribution in [-0.4, -0.2) is 92.3 Å². The molecule has 0 saturated carbocycles. The van der Waals surface area contributed by atoms with Crippen molar-refractivity contribution in [2.24, 2.45) is 17.8 Å². The smallest absolute Gasteiger partial charge is 0.407 e. The van der Waals surface area contributed by atoms with E-state index in [1.165, 1.54) is 17.0 Å². The van der Waals surface area contributed by atoms with Crippen LogP contribution in [-0.2, 0) is 46.6 Å². The quantitative estimate of drug-likeness (QED) is 0.0493. The lowest BCUT2D eigenvalue weighted by Gasteiger charge is -2.72. The average Bonchev–Trinajstić information content (AvgIpc) is 3.24. The molecule has 1 aliphatic heterocycles. The van der Waals surface area contributed by atoms with Crippen LogP contribution in [0.1, 0.15) is 70.2 Å². The van der Waals surface area contributed by atoms with E-state index < -0.39 is 38.9 Å². The molecule has 5 rings (SSSR count). The molecular weight excluding hydrogens is 811 g/mol. The lowest BCUT2D eigenvalue weighted by atomic mass is 9.44. The molecule has 4 aromatic rings. The molecule has 0 unspecified atom stereocenters. The number of ether oxygens (including phenoxy) is 4. The van der Waals surface area contributed by atoms with Gasteiger partial charge in [0, 0.05) is 12.0 Å². The Kier molecular flexibility index (Phi) is 16.3. The second-order valence-electron chi connectivity index (χ2n) is 16.7. The molecule has 1 N–H and O–H groups in total. The van der Waals surface area contributed by atoms with E-state index in [1.807, 2.05) is 115 Å². The molecular formula is C48H62NO10SSi. The largest absolute Gasteiger partial charge is 0.496 e. The molecule has 1 fully saturated rings. The summed E-state index contributed by atoms with van der Waals surface area (Å²) in [6.45, 7) is 15.0. The highest BCUT2D eigenvalue weighted by atomic mass is 32.2. The maximum atomic E-state index is 13.7. The Bertz CT molecular complexity index is 2110. The second-order valence-corrected chi connectivity index (χ2v) is 18.5. The fourth-order valence-corrected chi connectivity index (χ4v) is 11.3. The molecule has 0 aromatic heterocycles. The predicted octanol–water partition coefficient (Wildman–Crippen LogP) is 8.80. The van der Waals surface area contributed by atoms with Crippen molar-refractivity contribution < 1.29 is 45.9 Å². The summed E-state index contributed by atoms with van der Waals surface area (Å²) in [4.78, 5) is 15.2. The summed E-state index contributed by atoms with van der Waals surface area (Å²) in [7, 11) is 0.978. The van der Waals surface area contributed by atoms with Crippen LogP contribution < -0.4 is 9.47 Å². The first-order valence-corrected chi connectivity index (χ1v) is 22.8. The molecule has 1 aliphatic rings. The van der Waals surface area contributed by atoms with Crippen molar-refractivity contribution in [1.82, 2.24) is 4.90 Å². The van der Waals surface area contributed by atoms with Crippen LogP contribution in [0.15, 0.2) is 108 Å². The fraction of sp³-hybridized carbons (Fsp3) is 0.479. The van der Waals surface area contributed by atoms with Gasteiger partial charge in [-0.05, 0) is 72.6 Å².